The lowest BCUT2D eigenvalue weighted by atomic mass is 9.85. The first kappa shape index (κ1) is 22.1. The molecule has 1 aromatic heterocycles. The first-order valence-corrected chi connectivity index (χ1v) is 9.87. The van der Waals surface area contributed by atoms with Crippen molar-refractivity contribution in [2.24, 2.45) is 5.92 Å². The molecule has 1 heterocycles. The Bertz CT molecular complexity index is 810. The molecule has 3 rings (SSSR count). The molecule has 1 amide bonds. The van der Waals surface area contributed by atoms with E-state index in [9.17, 15) is 18.0 Å². The molecule has 9 heteroatoms. The molecule has 1 saturated carbocycles. The van der Waals surface area contributed by atoms with Crippen LogP contribution in [0, 0.1) is 5.92 Å². The zero-order valence-electron chi connectivity index (χ0n) is 15.6. The average Bonchev–Trinajstić information content (AvgIpc) is 2.61. The van der Waals surface area contributed by atoms with Crippen LogP contribution < -0.4 is 10.6 Å². The number of hydrogen-bond donors (Lipinski definition) is 2. The van der Waals surface area contributed by atoms with Crippen molar-refractivity contribution in [2.45, 2.75) is 39.3 Å². The number of rotatable bonds is 5. The van der Waals surface area contributed by atoms with Gasteiger partial charge in [0.15, 0.2) is 5.69 Å². The minimum absolute atomic E-state index is 0.231. The van der Waals surface area contributed by atoms with Crippen molar-refractivity contribution in [1.82, 2.24) is 15.3 Å². The summed E-state index contributed by atoms with van der Waals surface area (Å²) in [4.78, 5) is 19.5. The van der Waals surface area contributed by atoms with E-state index in [1.807, 2.05) is 13.8 Å². The van der Waals surface area contributed by atoms with Crippen LogP contribution in [0.4, 0.5) is 24.8 Å². The third-order valence-corrected chi connectivity index (χ3v) is 4.65. The smallest absolute Gasteiger partial charge is 0.352 e. The lowest BCUT2D eigenvalue weighted by molar-refractivity contribution is -0.141. The maximum Gasteiger partial charge on any atom is 0.434 e. The molecule has 0 spiro atoms. The summed E-state index contributed by atoms with van der Waals surface area (Å²) >= 11 is 3.28. The van der Waals surface area contributed by atoms with Gasteiger partial charge in [-0.15, -0.1) is 0 Å². The molecule has 1 aromatic carbocycles. The van der Waals surface area contributed by atoms with E-state index in [4.69, 9.17) is 0 Å². The number of halogens is 4. The summed E-state index contributed by atoms with van der Waals surface area (Å²) in [5, 5.41) is 5.25. The number of carbonyl (C=O) groups is 1. The number of hydrogen-bond acceptors (Lipinski definition) is 4. The SMILES string of the molecule is CC.O=C(NCC1CCC1)c1cnc(Nc2cccc(Br)c2)nc1C(F)(F)F. The lowest BCUT2D eigenvalue weighted by Gasteiger charge is -2.25. The minimum Gasteiger partial charge on any atom is -0.352 e. The third kappa shape index (κ3) is 5.92. The summed E-state index contributed by atoms with van der Waals surface area (Å²) in [6.07, 6.45) is -0.795. The highest BCUT2D eigenvalue weighted by atomic mass is 79.9. The predicted octanol–water partition coefficient (Wildman–Crippen LogP) is 5.56. The quantitative estimate of drug-likeness (QED) is 0.615. The Balaban J connectivity index is 0.00000136. The maximum absolute atomic E-state index is 13.4. The van der Waals surface area contributed by atoms with Crippen molar-refractivity contribution in [3.05, 3.63) is 46.2 Å². The van der Waals surface area contributed by atoms with E-state index in [-0.39, 0.29) is 5.95 Å². The summed E-state index contributed by atoms with van der Waals surface area (Å²) in [7, 11) is 0. The molecule has 0 unspecified atom stereocenters. The zero-order valence-corrected chi connectivity index (χ0v) is 17.2. The second-order valence-electron chi connectivity index (χ2n) is 6.10. The molecule has 1 fully saturated rings. The van der Waals surface area contributed by atoms with Gasteiger partial charge in [-0.1, -0.05) is 42.3 Å². The highest BCUT2D eigenvalue weighted by Crippen LogP contribution is 2.31. The molecule has 0 aliphatic heterocycles. The summed E-state index contributed by atoms with van der Waals surface area (Å²) in [6.45, 7) is 4.37. The van der Waals surface area contributed by atoms with Crippen LogP contribution in [0.15, 0.2) is 34.9 Å². The topological polar surface area (TPSA) is 66.9 Å². The van der Waals surface area contributed by atoms with Crippen LogP contribution in [0.1, 0.15) is 49.2 Å². The van der Waals surface area contributed by atoms with E-state index in [2.05, 4.69) is 36.5 Å². The van der Waals surface area contributed by atoms with Crippen LogP contribution in [-0.2, 0) is 6.18 Å². The van der Waals surface area contributed by atoms with Crippen LogP contribution in [0.2, 0.25) is 0 Å². The Kier molecular flexibility index (Phi) is 7.79. The first-order valence-electron chi connectivity index (χ1n) is 9.08. The van der Waals surface area contributed by atoms with E-state index in [0.717, 1.165) is 29.9 Å². The highest BCUT2D eigenvalue weighted by molar-refractivity contribution is 9.10. The van der Waals surface area contributed by atoms with Gasteiger partial charge >= 0.3 is 6.18 Å². The number of aromatic nitrogens is 2. The zero-order chi connectivity index (χ0) is 20.7. The Morgan fingerprint density at radius 1 is 1.29 bits per heavy atom. The van der Waals surface area contributed by atoms with Crippen LogP contribution in [-0.4, -0.2) is 22.4 Å². The van der Waals surface area contributed by atoms with Crippen molar-refractivity contribution >= 4 is 33.5 Å². The fraction of sp³-hybridized carbons (Fsp3) is 0.421. The molecule has 5 nitrogen and oxygen atoms in total. The van der Waals surface area contributed by atoms with Crippen molar-refractivity contribution < 1.29 is 18.0 Å². The van der Waals surface area contributed by atoms with E-state index < -0.39 is 23.3 Å². The molecule has 2 aromatic rings. The summed E-state index contributed by atoms with van der Waals surface area (Å²) in [6, 6.07) is 6.85. The Hall–Kier alpha value is -2.16. The third-order valence-electron chi connectivity index (χ3n) is 4.16. The van der Waals surface area contributed by atoms with Gasteiger partial charge in [0, 0.05) is 22.9 Å². The van der Waals surface area contributed by atoms with E-state index >= 15 is 0 Å². The number of nitrogens with zero attached hydrogens (tertiary/aromatic N) is 2. The predicted molar refractivity (Wildman–Crippen MR) is 105 cm³/mol. The molecule has 0 radical (unpaired) electrons. The average molecular weight is 459 g/mol. The number of benzene rings is 1. The first-order chi connectivity index (χ1) is 13.3. The molecule has 28 heavy (non-hydrogen) atoms. The van der Waals surface area contributed by atoms with Gasteiger partial charge in [-0.05, 0) is 37.0 Å². The minimum atomic E-state index is -4.76. The van der Waals surface area contributed by atoms with Crippen molar-refractivity contribution in [3.8, 4) is 0 Å². The summed E-state index contributed by atoms with van der Waals surface area (Å²) in [5.41, 5.74) is -1.30. The largest absolute Gasteiger partial charge is 0.434 e. The number of alkyl halides is 3. The van der Waals surface area contributed by atoms with Crippen LogP contribution in [0.25, 0.3) is 0 Å². The normalized spacial score (nSPS) is 13.8. The molecule has 1 aliphatic rings. The van der Waals surface area contributed by atoms with Gasteiger partial charge < -0.3 is 10.6 Å². The Morgan fingerprint density at radius 2 is 2.00 bits per heavy atom. The fourth-order valence-electron chi connectivity index (χ4n) is 2.55. The molecule has 0 atom stereocenters. The molecule has 152 valence electrons. The molecular weight excluding hydrogens is 437 g/mol. The molecular formula is C19H22BrF3N4O. The Morgan fingerprint density at radius 3 is 2.57 bits per heavy atom. The van der Waals surface area contributed by atoms with E-state index in [1.165, 1.54) is 0 Å². The van der Waals surface area contributed by atoms with Gasteiger partial charge in [-0.2, -0.15) is 13.2 Å². The van der Waals surface area contributed by atoms with Gasteiger partial charge in [0.2, 0.25) is 5.95 Å². The van der Waals surface area contributed by atoms with E-state index in [0.29, 0.717) is 18.2 Å². The van der Waals surface area contributed by atoms with Crippen LogP contribution in [0.5, 0.6) is 0 Å². The standard InChI is InChI=1S/C17H16BrF3N4O.C2H6/c18-11-5-2-6-12(7-11)24-16-23-9-13(14(25-16)17(19,20)21)15(26)22-8-10-3-1-4-10;1-2/h2,5-7,9-10H,1,3-4,8H2,(H,22,26)(H,23,24,25);1-2H3. The van der Waals surface area contributed by atoms with Crippen molar-refractivity contribution in [1.29, 1.82) is 0 Å². The van der Waals surface area contributed by atoms with E-state index in [1.54, 1.807) is 24.3 Å². The monoisotopic (exact) mass is 458 g/mol. The second-order valence-corrected chi connectivity index (χ2v) is 7.01. The molecule has 0 bridgehead atoms. The maximum atomic E-state index is 13.4. The van der Waals surface area contributed by atoms with Crippen LogP contribution in [0.3, 0.4) is 0 Å². The van der Waals surface area contributed by atoms with Gasteiger partial charge in [-0.25, -0.2) is 9.97 Å². The molecule has 2 N–H and O–H groups in total. The van der Waals surface area contributed by atoms with Gasteiger partial charge in [-0.3, -0.25) is 4.79 Å². The number of anilines is 2. The Labute approximate surface area is 170 Å². The number of nitrogens with one attached hydrogen (secondary N) is 2. The van der Waals surface area contributed by atoms with Crippen molar-refractivity contribution in [3.63, 3.8) is 0 Å². The van der Waals surface area contributed by atoms with Crippen molar-refractivity contribution in [2.75, 3.05) is 11.9 Å². The molecule has 1 aliphatic carbocycles. The lowest BCUT2D eigenvalue weighted by Crippen LogP contribution is -2.33. The number of carbonyl (C=O) groups excluding carboxylic acids is 1. The van der Waals surface area contributed by atoms with Gasteiger partial charge in [0.05, 0.1) is 5.56 Å². The van der Waals surface area contributed by atoms with Gasteiger partial charge in [0.1, 0.15) is 0 Å². The van der Waals surface area contributed by atoms with Gasteiger partial charge in [0.25, 0.3) is 5.91 Å². The summed E-state index contributed by atoms with van der Waals surface area (Å²) < 4.78 is 40.8. The number of amides is 1. The molecule has 0 saturated heterocycles. The summed E-state index contributed by atoms with van der Waals surface area (Å²) in [5.74, 6) is -0.698. The van der Waals surface area contributed by atoms with Crippen LogP contribution >= 0.6 is 15.9 Å². The fourth-order valence-corrected chi connectivity index (χ4v) is 2.95. The highest BCUT2D eigenvalue weighted by Gasteiger charge is 2.38. The second kappa shape index (κ2) is 9.86.